The number of nitrogens with zero attached hydrogens (tertiary/aromatic N) is 4. The maximum absolute atomic E-state index is 14.2. The van der Waals surface area contributed by atoms with Crippen LogP contribution in [-0.4, -0.2) is 105 Å². The van der Waals surface area contributed by atoms with Gasteiger partial charge in [0.2, 0.25) is 17.7 Å². The van der Waals surface area contributed by atoms with E-state index in [2.05, 4.69) is 20.9 Å². The first kappa shape index (κ1) is 47.1. The number of hydrogen-bond donors (Lipinski definition) is 5. The Balaban J connectivity index is 1.37. The molecule has 3 amide bonds. The van der Waals surface area contributed by atoms with E-state index in [0.29, 0.717) is 53.0 Å². The van der Waals surface area contributed by atoms with Crippen molar-refractivity contribution in [1.82, 2.24) is 35.3 Å². The SMILES string of the molecule is CC(C)C(CC(=O)N(Cc1ccc(Cl)cc1Oc1ccc(-c2cnc(CN(C)C)n2C)cc1)C(C)C(=O)NC(CO)C(=O)N[C@@]1(Cc2ccc(Cl)cc2)CCCNC1)C(=O)O. The smallest absolute Gasteiger partial charge is 0.307 e. The van der Waals surface area contributed by atoms with Crippen LogP contribution in [0.5, 0.6) is 11.5 Å². The molecule has 0 bridgehead atoms. The summed E-state index contributed by atoms with van der Waals surface area (Å²) in [5.74, 6) is -2.73. The fourth-order valence-corrected chi connectivity index (χ4v) is 7.79. The quantitative estimate of drug-likeness (QED) is 0.0789. The summed E-state index contributed by atoms with van der Waals surface area (Å²) in [5.41, 5.74) is 2.61. The monoisotopic (exact) mass is 877 g/mol. The lowest BCUT2D eigenvalue weighted by molar-refractivity contribution is -0.149. The molecule has 0 aliphatic carbocycles. The molecule has 5 rings (SSSR count). The number of imidazole rings is 1. The van der Waals surface area contributed by atoms with Gasteiger partial charge in [-0.1, -0.05) is 55.2 Å². The van der Waals surface area contributed by atoms with Gasteiger partial charge in [0, 0.05) is 41.2 Å². The van der Waals surface area contributed by atoms with Gasteiger partial charge in [-0.3, -0.25) is 19.2 Å². The van der Waals surface area contributed by atoms with Gasteiger partial charge in [-0.05, 0) is 107 Å². The molecule has 1 fully saturated rings. The van der Waals surface area contributed by atoms with Crippen LogP contribution < -0.4 is 20.7 Å². The first-order valence-corrected chi connectivity index (χ1v) is 21.2. The molecule has 61 heavy (non-hydrogen) atoms. The van der Waals surface area contributed by atoms with Crippen molar-refractivity contribution in [2.75, 3.05) is 33.8 Å². The van der Waals surface area contributed by atoms with E-state index in [0.717, 1.165) is 35.6 Å². The van der Waals surface area contributed by atoms with Gasteiger partial charge in [0.25, 0.3) is 0 Å². The Hall–Kier alpha value is -4.99. The Morgan fingerprint density at radius 1 is 0.967 bits per heavy atom. The molecule has 1 aromatic heterocycles. The van der Waals surface area contributed by atoms with Crippen LogP contribution >= 0.6 is 23.2 Å². The molecule has 3 aromatic carbocycles. The number of carboxylic acids is 1. The topological polar surface area (TPSA) is 178 Å². The Labute approximate surface area is 367 Å². The van der Waals surface area contributed by atoms with E-state index in [4.69, 9.17) is 27.9 Å². The predicted molar refractivity (Wildman–Crippen MR) is 235 cm³/mol. The van der Waals surface area contributed by atoms with Crippen molar-refractivity contribution < 1.29 is 34.1 Å². The van der Waals surface area contributed by atoms with Crippen LogP contribution in [0.15, 0.2) is 72.9 Å². The number of halogens is 2. The minimum Gasteiger partial charge on any atom is -0.481 e. The number of carboxylic acid groups (broad SMARTS) is 1. The van der Waals surface area contributed by atoms with E-state index in [9.17, 15) is 29.4 Å². The fraction of sp³-hybridized carbons (Fsp3) is 0.444. The molecular weight excluding hydrogens is 821 g/mol. The summed E-state index contributed by atoms with van der Waals surface area (Å²) in [7, 11) is 5.93. The molecule has 2 heterocycles. The summed E-state index contributed by atoms with van der Waals surface area (Å²) in [6, 6.07) is 17.2. The van der Waals surface area contributed by atoms with Crippen molar-refractivity contribution in [2.24, 2.45) is 18.9 Å². The Bertz CT molecular complexity index is 2140. The number of aliphatic carboxylic acids is 1. The summed E-state index contributed by atoms with van der Waals surface area (Å²) >= 11 is 12.6. The highest BCUT2D eigenvalue weighted by molar-refractivity contribution is 6.31. The number of piperidine rings is 1. The van der Waals surface area contributed by atoms with Gasteiger partial charge in [-0.2, -0.15) is 0 Å². The van der Waals surface area contributed by atoms with Gasteiger partial charge in [0.15, 0.2) is 0 Å². The van der Waals surface area contributed by atoms with E-state index in [-0.39, 0.29) is 18.9 Å². The zero-order valence-electron chi connectivity index (χ0n) is 35.6. The van der Waals surface area contributed by atoms with Crippen LogP contribution in [0.25, 0.3) is 11.3 Å². The maximum atomic E-state index is 14.2. The first-order valence-electron chi connectivity index (χ1n) is 20.4. The number of hydrogen-bond acceptors (Lipinski definition) is 9. The van der Waals surface area contributed by atoms with Crippen LogP contribution in [0, 0.1) is 11.8 Å². The van der Waals surface area contributed by atoms with Crippen LogP contribution in [0.1, 0.15) is 57.0 Å². The fourth-order valence-electron chi connectivity index (χ4n) is 7.50. The summed E-state index contributed by atoms with van der Waals surface area (Å²) in [5, 5.41) is 30.5. The molecule has 4 atom stereocenters. The summed E-state index contributed by atoms with van der Waals surface area (Å²) in [6.07, 6.45) is 3.40. The van der Waals surface area contributed by atoms with Crippen molar-refractivity contribution in [3.63, 3.8) is 0 Å². The van der Waals surface area contributed by atoms with Crippen LogP contribution in [-0.2, 0) is 45.7 Å². The molecule has 1 aliphatic rings. The molecule has 16 heteroatoms. The minimum absolute atomic E-state index is 0.169. The van der Waals surface area contributed by atoms with E-state index >= 15 is 0 Å². The van der Waals surface area contributed by atoms with Gasteiger partial charge in [0.05, 0.1) is 43.0 Å². The second kappa shape index (κ2) is 21.2. The molecule has 1 saturated heterocycles. The number of aliphatic hydroxyl groups excluding tert-OH is 1. The lowest BCUT2D eigenvalue weighted by Crippen LogP contribution is -2.63. The Morgan fingerprint density at radius 3 is 2.26 bits per heavy atom. The number of ether oxygens (including phenoxy) is 1. The standard InChI is InChI=1S/C45H57Cl2N7O7/c1-28(2)36(44(59)60)21-41(56)54(29(3)42(57)50-37(26-55)43(58)51-45(18-7-19-48-27-45)22-30-8-13-33(46)14-9-30)24-32-10-15-34(47)20-39(32)61-35-16-11-31(12-17-35)38-23-49-40(53(38)6)25-52(4)5/h8-17,20,23,28-29,36-37,48,55H,7,18-19,21-22,24-27H2,1-6H3,(H,50,57)(H,51,58)(H,59,60)/t29?,36?,37?,45-/m1/s1. The maximum Gasteiger partial charge on any atom is 0.307 e. The molecule has 328 valence electrons. The van der Waals surface area contributed by atoms with Crippen molar-refractivity contribution in [2.45, 2.75) is 77.2 Å². The number of carbonyl (C=O) groups is 4. The molecule has 0 saturated carbocycles. The molecule has 5 N–H and O–H groups in total. The third-order valence-corrected chi connectivity index (χ3v) is 11.6. The van der Waals surface area contributed by atoms with Gasteiger partial charge in [-0.25, -0.2) is 4.98 Å². The number of aliphatic hydroxyl groups is 1. The third-order valence-electron chi connectivity index (χ3n) is 11.1. The average molecular weight is 879 g/mol. The molecule has 1 aliphatic heterocycles. The highest BCUT2D eigenvalue weighted by Crippen LogP contribution is 2.32. The number of aromatic nitrogens is 2. The lowest BCUT2D eigenvalue weighted by atomic mass is 9.83. The molecule has 0 radical (unpaired) electrons. The molecule has 4 aromatic rings. The van der Waals surface area contributed by atoms with E-state index in [1.165, 1.54) is 11.8 Å². The molecular formula is C45H57Cl2N7O7. The Morgan fingerprint density at radius 2 is 1.66 bits per heavy atom. The van der Waals surface area contributed by atoms with Gasteiger partial charge in [0.1, 0.15) is 29.4 Å². The van der Waals surface area contributed by atoms with Crippen molar-refractivity contribution in [3.05, 3.63) is 99.9 Å². The van der Waals surface area contributed by atoms with Gasteiger partial charge in [-0.15, -0.1) is 0 Å². The molecule has 14 nitrogen and oxygen atoms in total. The lowest BCUT2D eigenvalue weighted by Gasteiger charge is -2.40. The number of rotatable bonds is 19. The van der Waals surface area contributed by atoms with Crippen LogP contribution in [0.2, 0.25) is 10.0 Å². The van der Waals surface area contributed by atoms with Gasteiger partial charge < -0.3 is 45.3 Å². The van der Waals surface area contributed by atoms with Gasteiger partial charge >= 0.3 is 5.97 Å². The summed E-state index contributed by atoms with van der Waals surface area (Å²) in [6.45, 7) is 6.00. The second-order valence-electron chi connectivity index (χ2n) is 16.4. The minimum atomic E-state index is -1.35. The van der Waals surface area contributed by atoms with Crippen LogP contribution in [0.4, 0.5) is 0 Å². The van der Waals surface area contributed by atoms with E-state index in [1.54, 1.807) is 56.3 Å². The van der Waals surface area contributed by atoms with E-state index < -0.39 is 53.8 Å². The zero-order chi connectivity index (χ0) is 44.4. The Kier molecular flexibility index (Phi) is 16.4. The third kappa shape index (κ3) is 12.5. The average Bonchev–Trinajstić information content (AvgIpc) is 3.57. The van der Waals surface area contributed by atoms with Crippen LogP contribution in [0.3, 0.4) is 0 Å². The number of nitrogens with one attached hydrogen (secondary N) is 3. The van der Waals surface area contributed by atoms with Crippen molar-refractivity contribution in [1.29, 1.82) is 0 Å². The number of amides is 3. The molecule has 0 spiro atoms. The first-order chi connectivity index (χ1) is 29.0. The largest absolute Gasteiger partial charge is 0.481 e. The molecule has 3 unspecified atom stereocenters. The highest BCUT2D eigenvalue weighted by Gasteiger charge is 2.38. The second-order valence-corrected chi connectivity index (χ2v) is 17.3. The van der Waals surface area contributed by atoms with E-state index in [1.807, 2.05) is 61.1 Å². The highest BCUT2D eigenvalue weighted by atomic mass is 35.5. The number of benzene rings is 3. The normalized spacial score (nSPS) is 16.8. The number of carbonyl (C=O) groups excluding carboxylic acids is 3. The van der Waals surface area contributed by atoms with Crippen molar-refractivity contribution in [3.8, 4) is 22.8 Å². The zero-order valence-corrected chi connectivity index (χ0v) is 37.1. The van der Waals surface area contributed by atoms with Crippen molar-refractivity contribution >= 4 is 46.9 Å². The summed E-state index contributed by atoms with van der Waals surface area (Å²) < 4.78 is 8.38. The predicted octanol–water partition coefficient (Wildman–Crippen LogP) is 5.67. The summed E-state index contributed by atoms with van der Waals surface area (Å²) in [4.78, 5) is 62.2.